The van der Waals surface area contributed by atoms with E-state index in [9.17, 15) is 18.0 Å². The van der Waals surface area contributed by atoms with Gasteiger partial charge >= 0.3 is 0 Å². The fourth-order valence-electron chi connectivity index (χ4n) is 4.04. The smallest absolute Gasteiger partial charge is 0.263 e. The Balaban J connectivity index is 1.54. The Morgan fingerprint density at radius 3 is 2.71 bits per heavy atom. The molecule has 0 saturated heterocycles. The normalized spacial score (nSPS) is 13.9. The van der Waals surface area contributed by atoms with Crippen molar-refractivity contribution in [1.29, 1.82) is 0 Å². The number of aromatic nitrogens is 1. The summed E-state index contributed by atoms with van der Waals surface area (Å²) in [4.78, 5) is 31.3. The van der Waals surface area contributed by atoms with Gasteiger partial charge in [-0.05, 0) is 43.2 Å². The van der Waals surface area contributed by atoms with Crippen LogP contribution in [0.2, 0.25) is 0 Å². The molecule has 1 aromatic heterocycles. The first-order valence-electron chi connectivity index (χ1n) is 11.2. The predicted octanol–water partition coefficient (Wildman–Crippen LogP) is 2.18. The van der Waals surface area contributed by atoms with Crippen LogP contribution >= 0.6 is 11.3 Å². The van der Waals surface area contributed by atoms with Gasteiger partial charge in [0.25, 0.3) is 5.91 Å². The highest BCUT2D eigenvalue weighted by molar-refractivity contribution is 7.92. The van der Waals surface area contributed by atoms with Crippen LogP contribution in [0, 0.1) is 0 Å². The summed E-state index contributed by atoms with van der Waals surface area (Å²) in [6, 6.07) is 13.0. The molecule has 186 valence electrons. The van der Waals surface area contributed by atoms with Crippen molar-refractivity contribution in [1.82, 2.24) is 4.57 Å². The summed E-state index contributed by atoms with van der Waals surface area (Å²) in [5, 5.41) is 0. The van der Waals surface area contributed by atoms with E-state index >= 15 is 0 Å². The lowest BCUT2D eigenvalue weighted by atomic mass is 10.2. The monoisotopic (exact) mass is 517 g/mol. The number of benzene rings is 2. The molecule has 3 aromatic rings. The molecule has 9 nitrogen and oxygen atoms in total. The van der Waals surface area contributed by atoms with Gasteiger partial charge in [-0.2, -0.15) is 4.99 Å². The highest BCUT2D eigenvalue weighted by atomic mass is 32.2. The van der Waals surface area contributed by atoms with Crippen molar-refractivity contribution in [2.24, 2.45) is 4.99 Å². The van der Waals surface area contributed by atoms with Crippen molar-refractivity contribution in [3.63, 3.8) is 0 Å². The molecule has 0 unspecified atom stereocenters. The Morgan fingerprint density at radius 1 is 1.14 bits per heavy atom. The molecule has 0 atom stereocenters. The van der Waals surface area contributed by atoms with Crippen molar-refractivity contribution in [3.05, 3.63) is 52.8 Å². The summed E-state index contributed by atoms with van der Waals surface area (Å²) < 4.78 is 38.8. The fraction of sp³-hybridized carbons (Fsp3) is 0.375. The van der Waals surface area contributed by atoms with Crippen LogP contribution in [0.15, 0.2) is 47.5 Å². The van der Waals surface area contributed by atoms with E-state index < -0.39 is 33.2 Å². The number of fused-ring (bicyclic) bond motifs is 2. The molecule has 0 radical (unpaired) electrons. The van der Waals surface area contributed by atoms with E-state index in [0.29, 0.717) is 43.3 Å². The molecule has 2 heterocycles. The Kier molecular flexibility index (Phi) is 7.68. The molecule has 1 aliphatic rings. The first kappa shape index (κ1) is 25.1. The number of ether oxygens (including phenoxy) is 2. The molecular formula is C24H27N3O6S2. The van der Waals surface area contributed by atoms with Crippen molar-refractivity contribution < 1.29 is 27.5 Å². The number of amides is 2. The van der Waals surface area contributed by atoms with Gasteiger partial charge in [-0.1, -0.05) is 29.5 Å². The zero-order valence-electron chi connectivity index (χ0n) is 19.6. The van der Waals surface area contributed by atoms with E-state index in [1.807, 2.05) is 47.9 Å². The Bertz CT molecular complexity index is 1420. The number of carbonyl (C=O) groups excluding carboxylic acids is 2. The molecule has 4 rings (SSSR count). The topological polar surface area (TPSA) is 107 Å². The Morgan fingerprint density at radius 2 is 1.94 bits per heavy atom. The van der Waals surface area contributed by atoms with Crippen LogP contribution in [0.3, 0.4) is 0 Å². The minimum Gasteiger partial charge on any atom is -0.494 e. The second kappa shape index (κ2) is 10.7. The number of thiazole rings is 1. The predicted molar refractivity (Wildman–Crippen MR) is 135 cm³/mol. The van der Waals surface area contributed by atoms with E-state index in [4.69, 9.17) is 9.47 Å². The molecule has 0 N–H and O–H groups in total. The molecule has 11 heteroatoms. The molecule has 2 amide bonds. The minimum atomic E-state index is -4.00. The highest BCUT2D eigenvalue weighted by Gasteiger charge is 2.29. The van der Waals surface area contributed by atoms with Gasteiger partial charge in [0.05, 0.1) is 23.4 Å². The SMILES string of the molecule is CCOc1ccc2c(c1)sc(=NC(=O)CS(=O)(=O)CC(=O)N1CCc3ccccc31)n2CCOC. The van der Waals surface area contributed by atoms with Gasteiger partial charge in [0.2, 0.25) is 5.91 Å². The van der Waals surface area contributed by atoms with Crippen LogP contribution in [0.4, 0.5) is 5.69 Å². The second-order valence-corrected chi connectivity index (χ2v) is 11.1. The number of methoxy groups -OCH3 is 1. The van der Waals surface area contributed by atoms with Crippen molar-refractivity contribution >= 4 is 48.9 Å². The van der Waals surface area contributed by atoms with Crippen LogP contribution < -0.4 is 14.4 Å². The number of nitrogens with zero attached hydrogens (tertiary/aromatic N) is 3. The minimum absolute atomic E-state index is 0.366. The van der Waals surface area contributed by atoms with E-state index in [1.54, 1.807) is 13.2 Å². The molecule has 0 saturated carbocycles. The van der Waals surface area contributed by atoms with Crippen molar-refractivity contribution in [3.8, 4) is 5.75 Å². The second-order valence-electron chi connectivity index (χ2n) is 8.05. The van der Waals surface area contributed by atoms with Gasteiger partial charge in [0, 0.05) is 25.9 Å². The van der Waals surface area contributed by atoms with Gasteiger partial charge in [0.1, 0.15) is 17.3 Å². The molecule has 0 fully saturated rings. The molecule has 0 bridgehead atoms. The van der Waals surface area contributed by atoms with Crippen LogP contribution in [0.25, 0.3) is 10.2 Å². The summed E-state index contributed by atoms with van der Waals surface area (Å²) in [7, 11) is -2.42. The van der Waals surface area contributed by atoms with Crippen LogP contribution in [-0.4, -0.2) is 63.2 Å². The van der Waals surface area contributed by atoms with Crippen LogP contribution in [0.1, 0.15) is 12.5 Å². The van der Waals surface area contributed by atoms with Crippen LogP contribution in [-0.2, 0) is 37.1 Å². The van der Waals surface area contributed by atoms with Gasteiger partial charge in [-0.15, -0.1) is 0 Å². The zero-order chi connectivity index (χ0) is 25.0. The average Bonchev–Trinajstić information content (AvgIpc) is 3.38. The summed E-state index contributed by atoms with van der Waals surface area (Å²) in [5.74, 6) is -2.24. The molecule has 0 aliphatic carbocycles. The molecule has 2 aromatic carbocycles. The summed E-state index contributed by atoms with van der Waals surface area (Å²) in [5.41, 5.74) is 2.56. The molecular weight excluding hydrogens is 490 g/mol. The number of sulfone groups is 1. The first-order valence-corrected chi connectivity index (χ1v) is 13.9. The molecule has 35 heavy (non-hydrogen) atoms. The molecule has 1 aliphatic heterocycles. The summed E-state index contributed by atoms with van der Waals surface area (Å²) >= 11 is 1.27. The van der Waals surface area contributed by atoms with Gasteiger partial charge in [-0.25, -0.2) is 8.42 Å². The van der Waals surface area contributed by atoms with Gasteiger partial charge in [0.15, 0.2) is 14.6 Å². The Labute approximate surface area is 207 Å². The summed E-state index contributed by atoms with van der Waals surface area (Å²) in [6.07, 6.45) is 0.675. The lowest BCUT2D eigenvalue weighted by Crippen LogP contribution is -2.36. The third-order valence-electron chi connectivity index (χ3n) is 5.58. The standard InChI is InChI=1S/C24H27N3O6S2/c1-3-33-18-8-9-20-21(14-18)34-24(27(20)12-13-32-2)25-22(28)15-35(30,31)16-23(29)26-11-10-17-6-4-5-7-19(17)26/h4-9,14H,3,10-13,15-16H2,1-2H3. The van der Waals surface area contributed by atoms with E-state index in [-0.39, 0.29) is 0 Å². The lowest BCUT2D eigenvalue weighted by Gasteiger charge is -2.17. The number of para-hydroxylation sites is 1. The Hall–Kier alpha value is -3.02. The molecule has 0 spiro atoms. The van der Waals surface area contributed by atoms with Crippen LogP contribution in [0.5, 0.6) is 5.75 Å². The third kappa shape index (κ3) is 5.80. The number of rotatable bonds is 9. The number of hydrogen-bond acceptors (Lipinski definition) is 7. The maximum Gasteiger partial charge on any atom is 0.263 e. The van der Waals surface area contributed by atoms with Gasteiger partial charge in [-0.3, -0.25) is 9.59 Å². The number of hydrogen-bond donors (Lipinski definition) is 0. The van der Waals surface area contributed by atoms with Crippen molar-refractivity contribution in [2.75, 3.05) is 43.3 Å². The zero-order valence-corrected chi connectivity index (χ0v) is 21.2. The maximum absolute atomic E-state index is 12.7. The fourth-order valence-corrected chi connectivity index (χ4v) is 6.21. The van der Waals surface area contributed by atoms with Gasteiger partial charge < -0.3 is 18.9 Å². The maximum atomic E-state index is 12.7. The number of anilines is 1. The quantitative estimate of drug-likeness (QED) is 0.431. The average molecular weight is 518 g/mol. The van der Waals surface area contributed by atoms with E-state index in [0.717, 1.165) is 21.5 Å². The first-order chi connectivity index (χ1) is 16.8. The lowest BCUT2D eigenvalue weighted by molar-refractivity contribution is -0.116. The van der Waals surface area contributed by atoms with E-state index in [1.165, 1.54) is 16.2 Å². The third-order valence-corrected chi connectivity index (χ3v) is 7.99. The van der Waals surface area contributed by atoms with Crippen molar-refractivity contribution in [2.45, 2.75) is 19.9 Å². The summed E-state index contributed by atoms with van der Waals surface area (Å²) in [6.45, 7) is 3.68. The largest absolute Gasteiger partial charge is 0.494 e. The highest BCUT2D eigenvalue weighted by Crippen LogP contribution is 2.27. The number of carbonyl (C=O) groups is 2. The van der Waals surface area contributed by atoms with E-state index in [2.05, 4.69) is 4.99 Å².